The standard InChI is InChI=1S/C13H19BrN2S/c1-10-7-12(15-8-11(10)14)16-9-13(17-2)5-3-4-6-13/h7-8H,3-6,9H2,1-2H3,(H,15,16). The fraction of sp³-hybridized carbons (Fsp3) is 0.615. The van der Waals surface area contributed by atoms with E-state index in [1.54, 1.807) is 0 Å². The van der Waals surface area contributed by atoms with Crippen molar-refractivity contribution in [1.82, 2.24) is 4.98 Å². The van der Waals surface area contributed by atoms with Crippen LogP contribution < -0.4 is 5.32 Å². The van der Waals surface area contributed by atoms with Gasteiger partial charge in [0.25, 0.3) is 0 Å². The molecule has 1 aromatic heterocycles. The van der Waals surface area contributed by atoms with Crippen molar-refractivity contribution in [2.45, 2.75) is 37.4 Å². The molecule has 2 rings (SSSR count). The zero-order valence-electron chi connectivity index (χ0n) is 10.4. The Morgan fingerprint density at radius 1 is 1.47 bits per heavy atom. The lowest BCUT2D eigenvalue weighted by Crippen LogP contribution is -2.30. The summed E-state index contributed by atoms with van der Waals surface area (Å²) in [5.41, 5.74) is 1.23. The van der Waals surface area contributed by atoms with Crippen LogP contribution in [0.3, 0.4) is 0 Å². The van der Waals surface area contributed by atoms with Crippen LogP contribution >= 0.6 is 27.7 Å². The SMILES string of the molecule is CSC1(CNc2cc(C)c(Br)cn2)CCCC1. The van der Waals surface area contributed by atoms with Gasteiger partial charge in [0.1, 0.15) is 5.82 Å². The Balaban J connectivity index is 1.99. The van der Waals surface area contributed by atoms with Crippen molar-refractivity contribution in [3.63, 3.8) is 0 Å². The molecule has 4 heteroatoms. The minimum Gasteiger partial charge on any atom is -0.369 e. The summed E-state index contributed by atoms with van der Waals surface area (Å²) in [6, 6.07) is 2.10. The molecule has 2 nitrogen and oxygen atoms in total. The Bertz CT molecular complexity index is 389. The lowest BCUT2D eigenvalue weighted by Gasteiger charge is -2.27. The number of nitrogens with zero attached hydrogens (tertiary/aromatic N) is 1. The van der Waals surface area contributed by atoms with Gasteiger partial charge >= 0.3 is 0 Å². The molecule has 94 valence electrons. The third-order valence-electron chi connectivity index (χ3n) is 3.59. The molecule has 0 saturated heterocycles. The Morgan fingerprint density at radius 3 is 2.76 bits per heavy atom. The topological polar surface area (TPSA) is 24.9 Å². The second-order valence-electron chi connectivity index (χ2n) is 4.77. The molecule has 0 aromatic carbocycles. The average molecular weight is 315 g/mol. The van der Waals surface area contributed by atoms with Crippen LogP contribution in [0.2, 0.25) is 0 Å². The van der Waals surface area contributed by atoms with Crippen LogP contribution in [-0.2, 0) is 0 Å². The van der Waals surface area contributed by atoms with E-state index in [9.17, 15) is 0 Å². The number of thioether (sulfide) groups is 1. The molecular weight excluding hydrogens is 296 g/mol. The largest absolute Gasteiger partial charge is 0.369 e. The molecule has 0 amide bonds. The predicted molar refractivity (Wildman–Crippen MR) is 79.9 cm³/mol. The molecule has 1 saturated carbocycles. The molecule has 1 aromatic rings. The molecule has 0 unspecified atom stereocenters. The van der Waals surface area contributed by atoms with Crippen LogP contribution in [-0.4, -0.2) is 22.5 Å². The minimum atomic E-state index is 0.433. The van der Waals surface area contributed by atoms with E-state index in [1.165, 1.54) is 31.2 Å². The van der Waals surface area contributed by atoms with Crippen molar-refractivity contribution in [3.8, 4) is 0 Å². The summed E-state index contributed by atoms with van der Waals surface area (Å²) in [6.45, 7) is 3.12. The number of aryl methyl sites for hydroxylation is 1. The first kappa shape index (κ1) is 13.2. The number of rotatable bonds is 4. The van der Waals surface area contributed by atoms with E-state index in [-0.39, 0.29) is 0 Å². The smallest absolute Gasteiger partial charge is 0.126 e. The molecule has 1 aliphatic rings. The van der Waals surface area contributed by atoms with Gasteiger partial charge in [-0.15, -0.1) is 0 Å². The Morgan fingerprint density at radius 2 is 2.18 bits per heavy atom. The summed E-state index contributed by atoms with van der Waals surface area (Å²) in [6.07, 6.45) is 9.50. The van der Waals surface area contributed by atoms with E-state index < -0.39 is 0 Å². The minimum absolute atomic E-state index is 0.433. The van der Waals surface area contributed by atoms with Crippen molar-refractivity contribution < 1.29 is 0 Å². The van der Waals surface area contributed by atoms with Gasteiger partial charge in [-0.3, -0.25) is 0 Å². The van der Waals surface area contributed by atoms with E-state index in [0.717, 1.165) is 16.8 Å². The highest BCUT2D eigenvalue weighted by Crippen LogP contribution is 2.40. The fourth-order valence-electron chi connectivity index (χ4n) is 2.36. The molecular formula is C13H19BrN2S. The van der Waals surface area contributed by atoms with Crippen molar-refractivity contribution in [3.05, 3.63) is 22.3 Å². The molecule has 0 radical (unpaired) electrons. The molecule has 1 aliphatic carbocycles. The molecule has 0 bridgehead atoms. The third kappa shape index (κ3) is 3.16. The van der Waals surface area contributed by atoms with Crippen LogP contribution in [0.4, 0.5) is 5.82 Å². The van der Waals surface area contributed by atoms with Crippen molar-refractivity contribution in [2.24, 2.45) is 0 Å². The molecule has 1 N–H and O–H groups in total. The van der Waals surface area contributed by atoms with E-state index in [2.05, 4.69) is 45.5 Å². The second kappa shape index (κ2) is 5.61. The van der Waals surface area contributed by atoms with E-state index in [0.29, 0.717) is 4.75 Å². The maximum atomic E-state index is 4.40. The molecule has 0 atom stereocenters. The Kier molecular flexibility index (Phi) is 4.36. The number of anilines is 1. The molecule has 0 spiro atoms. The lowest BCUT2D eigenvalue weighted by molar-refractivity contribution is 0.638. The molecule has 1 heterocycles. The number of aromatic nitrogens is 1. The van der Waals surface area contributed by atoms with Gasteiger partial charge in [0.15, 0.2) is 0 Å². The van der Waals surface area contributed by atoms with E-state index >= 15 is 0 Å². The number of pyridine rings is 1. The number of hydrogen-bond acceptors (Lipinski definition) is 3. The van der Waals surface area contributed by atoms with Crippen LogP contribution in [0.15, 0.2) is 16.7 Å². The summed E-state index contributed by atoms with van der Waals surface area (Å²) in [5, 5.41) is 3.49. The maximum absolute atomic E-state index is 4.40. The highest BCUT2D eigenvalue weighted by atomic mass is 79.9. The molecule has 17 heavy (non-hydrogen) atoms. The first-order chi connectivity index (χ1) is 8.15. The second-order valence-corrected chi connectivity index (χ2v) is 6.90. The number of nitrogens with one attached hydrogen (secondary N) is 1. The number of hydrogen-bond donors (Lipinski definition) is 1. The number of halogens is 1. The average Bonchev–Trinajstić information content (AvgIpc) is 2.80. The van der Waals surface area contributed by atoms with Crippen LogP contribution in [0.5, 0.6) is 0 Å². The Labute approximate surface area is 116 Å². The summed E-state index contributed by atoms with van der Waals surface area (Å²) >= 11 is 5.48. The first-order valence-corrected chi connectivity index (χ1v) is 8.08. The van der Waals surface area contributed by atoms with Crippen molar-refractivity contribution in [1.29, 1.82) is 0 Å². The van der Waals surface area contributed by atoms with Gasteiger partial charge in [-0.2, -0.15) is 11.8 Å². The van der Waals surface area contributed by atoms with Gasteiger partial charge in [0, 0.05) is 22.0 Å². The van der Waals surface area contributed by atoms with E-state index in [1.807, 2.05) is 18.0 Å². The summed E-state index contributed by atoms with van der Waals surface area (Å²) in [5.74, 6) is 0.992. The third-order valence-corrected chi connectivity index (χ3v) is 5.84. The van der Waals surface area contributed by atoms with Gasteiger partial charge in [0.05, 0.1) is 0 Å². The summed E-state index contributed by atoms with van der Waals surface area (Å²) in [7, 11) is 0. The predicted octanol–water partition coefficient (Wildman–Crippen LogP) is 4.24. The molecule has 0 aliphatic heterocycles. The molecule has 1 fully saturated rings. The van der Waals surface area contributed by atoms with Crippen molar-refractivity contribution in [2.75, 3.05) is 18.1 Å². The zero-order valence-corrected chi connectivity index (χ0v) is 12.8. The highest BCUT2D eigenvalue weighted by Gasteiger charge is 2.32. The van der Waals surface area contributed by atoms with Crippen molar-refractivity contribution >= 4 is 33.5 Å². The van der Waals surface area contributed by atoms with Gasteiger partial charge in [-0.05, 0) is 53.6 Å². The highest BCUT2D eigenvalue weighted by molar-refractivity contribution is 9.10. The van der Waals surface area contributed by atoms with Gasteiger partial charge in [-0.1, -0.05) is 12.8 Å². The van der Waals surface area contributed by atoms with Gasteiger partial charge in [-0.25, -0.2) is 4.98 Å². The summed E-state index contributed by atoms with van der Waals surface area (Å²) in [4.78, 5) is 4.40. The van der Waals surface area contributed by atoms with Crippen LogP contribution in [0, 0.1) is 6.92 Å². The van der Waals surface area contributed by atoms with Crippen LogP contribution in [0.1, 0.15) is 31.2 Å². The monoisotopic (exact) mass is 314 g/mol. The van der Waals surface area contributed by atoms with E-state index in [4.69, 9.17) is 0 Å². The lowest BCUT2D eigenvalue weighted by atomic mass is 10.1. The Hall–Kier alpha value is -0.220. The zero-order chi connectivity index (χ0) is 12.3. The quantitative estimate of drug-likeness (QED) is 0.899. The van der Waals surface area contributed by atoms with Gasteiger partial charge in [0.2, 0.25) is 0 Å². The van der Waals surface area contributed by atoms with Gasteiger partial charge < -0.3 is 5.32 Å². The summed E-state index contributed by atoms with van der Waals surface area (Å²) < 4.78 is 1.51. The first-order valence-electron chi connectivity index (χ1n) is 6.06. The fourth-order valence-corrected chi connectivity index (χ4v) is 3.49. The van der Waals surface area contributed by atoms with Crippen LogP contribution in [0.25, 0.3) is 0 Å². The maximum Gasteiger partial charge on any atom is 0.126 e. The normalized spacial score (nSPS) is 18.3.